The summed E-state index contributed by atoms with van der Waals surface area (Å²) in [5, 5.41) is 11.4. The second-order valence-corrected chi connectivity index (χ2v) is 6.66. The summed E-state index contributed by atoms with van der Waals surface area (Å²) in [4.78, 5) is 11.2. The van der Waals surface area contributed by atoms with Crippen LogP contribution in [-0.4, -0.2) is 23.7 Å². The molecule has 144 valence electrons. The third kappa shape index (κ3) is 23.4. The second kappa shape index (κ2) is 22.2. The van der Waals surface area contributed by atoms with Crippen molar-refractivity contribution in [3.8, 4) is 0 Å². The van der Waals surface area contributed by atoms with Crippen molar-refractivity contribution in [2.45, 2.75) is 110 Å². The molecule has 24 heavy (non-hydrogen) atoms. The number of nitrogens with one attached hydrogen (secondary N) is 1. The summed E-state index contributed by atoms with van der Waals surface area (Å²) in [5.41, 5.74) is 0. The van der Waals surface area contributed by atoms with Crippen LogP contribution >= 0.6 is 0 Å². The highest BCUT2D eigenvalue weighted by Crippen LogP contribution is 2.06. The molecule has 3 heteroatoms. The fraction of sp³-hybridized carbons (Fsp3) is 0.857. The number of aliphatic hydroxyl groups excluding tert-OH is 1. The number of hydrogen-bond donors (Lipinski definition) is 2. The number of unbranched alkanes of at least 4 members (excludes halogenated alkanes) is 10. The Morgan fingerprint density at radius 3 is 1.96 bits per heavy atom. The minimum atomic E-state index is -0.113. The van der Waals surface area contributed by atoms with Crippen LogP contribution in [0.25, 0.3) is 0 Å². The lowest BCUT2D eigenvalue weighted by Crippen LogP contribution is -2.34. The van der Waals surface area contributed by atoms with Crippen LogP contribution in [0.3, 0.4) is 0 Å². The number of rotatable bonds is 15. The fourth-order valence-electron chi connectivity index (χ4n) is 2.35. The predicted molar refractivity (Wildman–Crippen MR) is 106 cm³/mol. The average Bonchev–Trinajstić information content (AvgIpc) is 2.58. The van der Waals surface area contributed by atoms with Gasteiger partial charge in [0.1, 0.15) is 0 Å². The Hall–Kier alpha value is -0.830. The number of hydrogen-bond acceptors (Lipinski definition) is 2. The number of aliphatic hydroxyl groups is 1. The molecule has 2 N–H and O–H groups in total. The van der Waals surface area contributed by atoms with Crippen molar-refractivity contribution < 1.29 is 9.90 Å². The van der Waals surface area contributed by atoms with E-state index in [1.807, 2.05) is 6.08 Å². The first-order valence-corrected chi connectivity index (χ1v) is 10.1. The van der Waals surface area contributed by atoms with Gasteiger partial charge >= 0.3 is 0 Å². The molecule has 0 rings (SSSR count). The molecule has 0 unspecified atom stereocenters. The molecule has 1 atom stereocenters. The van der Waals surface area contributed by atoms with Crippen molar-refractivity contribution in [3.05, 3.63) is 12.7 Å². The molecule has 0 aromatic rings. The molecule has 1 amide bonds. The van der Waals surface area contributed by atoms with E-state index in [1.54, 1.807) is 6.92 Å². The van der Waals surface area contributed by atoms with Crippen LogP contribution in [-0.2, 0) is 4.79 Å². The Balaban J connectivity index is 0. The number of carbonyl (C=O) groups excluding carboxylic acids is 1. The summed E-state index contributed by atoms with van der Waals surface area (Å²) in [6.07, 6.45) is 17.9. The van der Waals surface area contributed by atoms with E-state index in [1.165, 1.54) is 64.2 Å². The van der Waals surface area contributed by atoms with Crippen molar-refractivity contribution in [2.24, 2.45) is 0 Å². The first-order chi connectivity index (χ1) is 11.6. The molecular formula is C21H43NO2. The topological polar surface area (TPSA) is 49.3 Å². The summed E-state index contributed by atoms with van der Waals surface area (Å²) < 4.78 is 0. The zero-order chi connectivity index (χ0) is 18.5. The van der Waals surface area contributed by atoms with Crippen LogP contribution in [0.2, 0.25) is 0 Å². The third-order valence-corrected chi connectivity index (χ3v) is 3.95. The molecule has 0 heterocycles. The van der Waals surface area contributed by atoms with Crippen molar-refractivity contribution in [2.75, 3.05) is 6.61 Å². The minimum Gasteiger partial charge on any atom is -0.394 e. The molecule has 0 radical (unpaired) electrons. The van der Waals surface area contributed by atoms with E-state index < -0.39 is 0 Å². The van der Waals surface area contributed by atoms with Crippen LogP contribution in [0, 0.1) is 0 Å². The molecule has 0 aliphatic rings. The summed E-state index contributed by atoms with van der Waals surface area (Å²) >= 11 is 0. The van der Waals surface area contributed by atoms with E-state index >= 15 is 0 Å². The Morgan fingerprint density at radius 2 is 1.46 bits per heavy atom. The maximum Gasteiger partial charge on any atom is 0.220 e. The van der Waals surface area contributed by atoms with Gasteiger partial charge in [-0.2, -0.15) is 0 Å². The smallest absolute Gasteiger partial charge is 0.220 e. The van der Waals surface area contributed by atoms with E-state index in [0.717, 1.165) is 12.8 Å². The Kier molecular flexibility index (Phi) is 23.5. The molecule has 0 aromatic carbocycles. The van der Waals surface area contributed by atoms with Gasteiger partial charge in [-0.15, -0.1) is 6.58 Å². The zero-order valence-electron chi connectivity index (χ0n) is 16.6. The lowest BCUT2D eigenvalue weighted by Gasteiger charge is -2.10. The van der Waals surface area contributed by atoms with Crippen LogP contribution in [0.15, 0.2) is 12.7 Å². The van der Waals surface area contributed by atoms with E-state index in [2.05, 4.69) is 25.7 Å². The Morgan fingerprint density at radius 1 is 0.958 bits per heavy atom. The van der Waals surface area contributed by atoms with E-state index in [4.69, 9.17) is 5.11 Å². The van der Waals surface area contributed by atoms with E-state index in [9.17, 15) is 4.79 Å². The molecule has 3 nitrogen and oxygen atoms in total. The van der Waals surface area contributed by atoms with Crippen molar-refractivity contribution in [3.63, 3.8) is 0 Å². The highest BCUT2D eigenvalue weighted by Gasteiger charge is 2.04. The molecule has 0 saturated heterocycles. The highest BCUT2D eigenvalue weighted by atomic mass is 16.3. The summed E-state index contributed by atoms with van der Waals surface area (Å²) in [6.45, 7) is 9.94. The molecule has 0 saturated carbocycles. The first-order valence-electron chi connectivity index (χ1n) is 10.1. The standard InChI is InChI=1S/C11H23NO2.C10H20/c1-3-4-5-6-7-8-11(14)12-10(2)9-13;1-3-5-7-9-10-8-6-4-2/h10,13H,3-9H2,1-2H3,(H,12,14);3H,1,4-10H2,2H3/t10-;/m0./s1. The van der Waals surface area contributed by atoms with Crippen molar-refractivity contribution >= 4 is 5.91 Å². The molecule has 0 aliphatic carbocycles. The van der Waals surface area contributed by atoms with Gasteiger partial charge in [-0.1, -0.05) is 77.7 Å². The maximum atomic E-state index is 11.2. The minimum absolute atomic E-state index is 0.0155. The lowest BCUT2D eigenvalue weighted by molar-refractivity contribution is -0.122. The number of amides is 1. The van der Waals surface area contributed by atoms with Crippen LogP contribution in [0.1, 0.15) is 104 Å². The summed E-state index contributed by atoms with van der Waals surface area (Å²) in [6, 6.07) is -0.113. The quantitative estimate of drug-likeness (QED) is 0.293. The molecule has 0 aliphatic heterocycles. The SMILES string of the molecule is C=CCCCCCCCC.CCCCCCCC(=O)N[C@@H](C)CO. The molecule has 0 aromatic heterocycles. The van der Waals surface area contributed by atoms with Gasteiger partial charge in [-0.25, -0.2) is 0 Å². The van der Waals surface area contributed by atoms with Gasteiger partial charge in [0.2, 0.25) is 5.91 Å². The second-order valence-electron chi connectivity index (χ2n) is 6.66. The van der Waals surface area contributed by atoms with Crippen LogP contribution in [0.4, 0.5) is 0 Å². The van der Waals surface area contributed by atoms with Gasteiger partial charge in [0.15, 0.2) is 0 Å². The molecule has 0 fully saturated rings. The number of allylic oxidation sites excluding steroid dienone is 1. The first kappa shape index (κ1) is 25.4. The highest BCUT2D eigenvalue weighted by molar-refractivity contribution is 5.76. The lowest BCUT2D eigenvalue weighted by atomic mass is 10.1. The molecule has 0 spiro atoms. The normalized spacial score (nSPS) is 11.3. The van der Waals surface area contributed by atoms with Crippen molar-refractivity contribution in [1.29, 1.82) is 0 Å². The largest absolute Gasteiger partial charge is 0.394 e. The zero-order valence-corrected chi connectivity index (χ0v) is 16.6. The number of carbonyl (C=O) groups is 1. The van der Waals surface area contributed by atoms with Gasteiger partial charge in [0, 0.05) is 12.5 Å². The van der Waals surface area contributed by atoms with Crippen molar-refractivity contribution in [1.82, 2.24) is 5.32 Å². The average molecular weight is 342 g/mol. The summed E-state index contributed by atoms with van der Waals surface area (Å²) in [5.74, 6) is 0.0584. The fourth-order valence-corrected chi connectivity index (χ4v) is 2.35. The Labute approximate surface area is 151 Å². The summed E-state index contributed by atoms with van der Waals surface area (Å²) in [7, 11) is 0. The molecule has 0 bridgehead atoms. The van der Waals surface area contributed by atoms with Gasteiger partial charge < -0.3 is 10.4 Å². The maximum absolute atomic E-state index is 11.2. The van der Waals surface area contributed by atoms with Crippen LogP contribution in [0.5, 0.6) is 0 Å². The Bertz CT molecular complexity index is 267. The van der Waals surface area contributed by atoms with Gasteiger partial charge in [0.25, 0.3) is 0 Å². The predicted octanol–water partition coefficient (Wildman–Crippen LogP) is 5.77. The van der Waals surface area contributed by atoms with Crippen LogP contribution < -0.4 is 5.32 Å². The van der Waals surface area contributed by atoms with Gasteiger partial charge in [0.05, 0.1) is 6.61 Å². The monoisotopic (exact) mass is 341 g/mol. The van der Waals surface area contributed by atoms with E-state index in [-0.39, 0.29) is 18.6 Å². The van der Waals surface area contributed by atoms with Gasteiger partial charge in [-0.3, -0.25) is 4.79 Å². The van der Waals surface area contributed by atoms with E-state index in [0.29, 0.717) is 6.42 Å². The molecular weight excluding hydrogens is 298 g/mol. The third-order valence-electron chi connectivity index (χ3n) is 3.95. The van der Waals surface area contributed by atoms with Gasteiger partial charge in [-0.05, 0) is 26.2 Å².